The van der Waals surface area contributed by atoms with Crippen LogP contribution in [0, 0.1) is 34.9 Å². The highest BCUT2D eigenvalue weighted by molar-refractivity contribution is 5.48. The molecular formula is C15H17FN2. The average molecular weight is 244 g/mol. The van der Waals surface area contributed by atoms with Gasteiger partial charge in [-0.3, -0.25) is 0 Å². The Hall–Kier alpha value is -1.56. The van der Waals surface area contributed by atoms with Crippen molar-refractivity contribution in [2.24, 2.45) is 17.8 Å². The van der Waals surface area contributed by atoms with Crippen LogP contribution in [0.25, 0.3) is 0 Å². The van der Waals surface area contributed by atoms with E-state index >= 15 is 0 Å². The lowest BCUT2D eigenvalue weighted by Gasteiger charge is -2.17. The molecule has 0 aromatic heterocycles. The van der Waals surface area contributed by atoms with Crippen molar-refractivity contribution in [3.05, 3.63) is 29.6 Å². The molecule has 2 fully saturated rings. The van der Waals surface area contributed by atoms with Gasteiger partial charge in [-0.25, -0.2) is 4.39 Å². The van der Waals surface area contributed by atoms with Gasteiger partial charge in [-0.1, -0.05) is 0 Å². The van der Waals surface area contributed by atoms with Crippen LogP contribution < -0.4 is 5.32 Å². The number of nitrogens with one attached hydrogen (secondary N) is 1. The minimum Gasteiger partial charge on any atom is -0.382 e. The average Bonchev–Trinajstić information content (AvgIpc) is 3.25. The molecule has 3 heteroatoms. The van der Waals surface area contributed by atoms with Crippen molar-refractivity contribution in [1.29, 1.82) is 5.26 Å². The van der Waals surface area contributed by atoms with E-state index in [1.807, 2.05) is 6.07 Å². The Balaban J connectivity index is 1.63. The van der Waals surface area contributed by atoms with E-state index in [4.69, 9.17) is 5.26 Å². The third kappa shape index (κ3) is 2.48. The number of hydrogen-bond acceptors (Lipinski definition) is 2. The second-order valence-corrected chi connectivity index (χ2v) is 5.53. The molecule has 0 heterocycles. The van der Waals surface area contributed by atoms with Gasteiger partial charge < -0.3 is 5.32 Å². The van der Waals surface area contributed by atoms with Gasteiger partial charge in [0, 0.05) is 6.54 Å². The van der Waals surface area contributed by atoms with Crippen LogP contribution in [0.5, 0.6) is 0 Å². The van der Waals surface area contributed by atoms with Gasteiger partial charge >= 0.3 is 0 Å². The van der Waals surface area contributed by atoms with Crippen molar-refractivity contribution in [3.8, 4) is 6.07 Å². The van der Waals surface area contributed by atoms with E-state index in [0.717, 1.165) is 24.3 Å². The highest BCUT2D eigenvalue weighted by atomic mass is 19.1. The number of hydrogen-bond donors (Lipinski definition) is 1. The summed E-state index contributed by atoms with van der Waals surface area (Å²) in [6.07, 6.45) is 5.38. The molecule has 0 spiro atoms. The Morgan fingerprint density at radius 3 is 2.44 bits per heavy atom. The Bertz CT molecular complexity index is 472. The number of anilines is 1. The SMILES string of the molecule is N#Cc1ccc(NCC(C2CC2)C2CC2)c(F)c1. The smallest absolute Gasteiger partial charge is 0.147 e. The number of benzene rings is 1. The molecule has 0 bridgehead atoms. The first-order chi connectivity index (χ1) is 8.78. The lowest BCUT2D eigenvalue weighted by atomic mass is 9.98. The Morgan fingerprint density at radius 1 is 1.28 bits per heavy atom. The molecule has 2 nitrogen and oxygen atoms in total. The van der Waals surface area contributed by atoms with Gasteiger partial charge in [0.25, 0.3) is 0 Å². The Labute approximate surface area is 107 Å². The van der Waals surface area contributed by atoms with Gasteiger partial charge in [0.1, 0.15) is 5.82 Å². The summed E-state index contributed by atoms with van der Waals surface area (Å²) in [7, 11) is 0. The van der Waals surface area contributed by atoms with E-state index in [1.165, 1.54) is 31.7 Å². The van der Waals surface area contributed by atoms with Crippen molar-refractivity contribution < 1.29 is 4.39 Å². The lowest BCUT2D eigenvalue weighted by Crippen LogP contribution is -2.18. The monoisotopic (exact) mass is 244 g/mol. The lowest BCUT2D eigenvalue weighted by molar-refractivity contribution is 0.427. The fourth-order valence-corrected chi connectivity index (χ4v) is 2.72. The van der Waals surface area contributed by atoms with Crippen LogP contribution in [0.3, 0.4) is 0 Å². The molecule has 1 N–H and O–H groups in total. The molecule has 1 aromatic carbocycles. The molecule has 0 amide bonds. The van der Waals surface area contributed by atoms with Gasteiger partial charge in [-0.2, -0.15) is 5.26 Å². The second-order valence-electron chi connectivity index (χ2n) is 5.53. The fraction of sp³-hybridized carbons (Fsp3) is 0.533. The summed E-state index contributed by atoms with van der Waals surface area (Å²) >= 11 is 0. The van der Waals surface area contributed by atoms with Crippen LogP contribution in [0.2, 0.25) is 0 Å². The quantitative estimate of drug-likeness (QED) is 0.859. The summed E-state index contributed by atoms with van der Waals surface area (Å²) in [4.78, 5) is 0. The molecule has 18 heavy (non-hydrogen) atoms. The van der Waals surface area contributed by atoms with Gasteiger partial charge in [-0.05, 0) is 61.6 Å². The molecule has 2 aliphatic rings. The number of nitriles is 1. The van der Waals surface area contributed by atoms with Crippen molar-refractivity contribution in [1.82, 2.24) is 0 Å². The summed E-state index contributed by atoms with van der Waals surface area (Å²) in [6, 6.07) is 6.58. The molecule has 0 unspecified atom stereocenters. The molecule has 94 valence electrons. The zero-order valence-electron chi connectivity index (χ0n) is 10.3. The topological polar surface area (TPSA) is 35.8 Å². The van der Waals surface area contributed by atoms with Crippen LogP contribution in [0.15, 0.2) is 18.2 Å². The fourth-order valence-electron chi connectivity index (χ4n) is 2.72. The maximum Gasteiger partial charge on any atom is 0.147 e. The summed E-state index contributed by atoms with van der Waals surface area (Å²) in [6.45, 7) is 0.873. The first-order valence-corrected chi connectivity index (χ1v) is 6.71. The van der Waals surface area contributed by atoms with Gasteiger partial charge in [0.15, 0.2) is 0 Å². The van der Waals surface area contributed by atoms with Crippen molar-refractivity contribution in [2.75, 3.05) is 11.9 Å². The van der Waals surface area contributed by atoms with Crippen molar-refractivity contribution in [3.63, 3.8) is 0 Å². The standard InChI is InChI=1S/C15H17FN2/c16-14-7-10(8-17)1-6-15(14)18-9-13(11-2-3-11)12-4-5-12/h1,6-7,11-13,18H,2-5,9H2. The maximum atomic E-state index is 13.7. The van der Waals surface area contributed by atoms with Crippen LogP contribution in [0.1, 0.15) is 31.2 Å². The van der Waals surface area contributed by atoms with E-state index in [0.29, 0.717) is 11.3 Å². The molecule has 1 aromatic rings. The van der Waals surface area contributed by atoms with E-state index < -0.39 is 0 Å². The first kappa shape index (κ1) is 11.5. The summed E-state index contributed by atoms with van der Waals surface area (Å²) in [5.41, 5.74) is 0.902. The highest BCUT2D eigenvalue weighted by Crippen LogP contribution is 2.49. The molecule has 2 aliphatic carbocycles. The molecular weight excluding hydrogens is 227 g/mol. The van der Waals surface area contributed by atoms with E-state index in [-0.39, 0.29) is 5.82 Å². The van der Waals surface area contributed by atoms with Crippen molar-refractivity contribution in [2.45, 2.75) is 25.7 Å². The Kier molecular flexibility index (Phi) is 2.95. The molecule has 0 atom stereocenters. The number of halogens is 1. The molecule has 0 saturated heterocycles. The van der Waals surface area contributed by atoms with E-state index in [1.54, 1.807) is 12.1 Å². The molecule has 0 radical (unpaired) electrons. The van der Waals surface area contributed by atoms with Gasteiger partial charge in [0.05, 0.1) is 17.3 Å². The van der Waals surface area contributed by atoms with Gasteiger partial charge in [-0.15, -0.1) is 0 Å². The summed E-state index contributed by atoms with van der Waals surface area (Å²) in [5, 5.41) is 11.9. The Morgan fingerprint density at radius 2 is 1.94 bits per heavy atom. The predicted octanol–water partition coefficient (Wildman–Crippen LogP) is 3.55. The summed E-state index contributed by atoms with van der Waals surface area (Å²) < 4.78 is 13.7. The van der Waals surface area contributed by atoms with Gasteiger partial charge in [0.2, 0.25) is 0 Å². The zero-order valence-corrected chi connectivity index (χ0v) is 10.3. The zero-order chi connectivity index (χ0) is 12.5. The predicted molar refractivity (Wildman–Crippen MR) is 68.5 cm³/mol. The minimum absolute atomic E-state index is 0.320. The number of nitrogens with zero attached hydrogens (tertiary/aromatic N) is 1. The van der Waals surface area contributed by atoms with E-state index in [2.05, 4.69) is 5.32 Å². The second kappa shape index (κ2) is 4.61. The molecule has 3 rings (SSSR count). The normalized spacial score (nSPS) is 18.7. The largest absolute Gasteiger partial charge is 0.382 e. The van der Waals surface area contributed by atoms with Crippen LogP contribution in [-0.2, 0) is 0 Å². The maximum absolute atomic E-state index is 13.7. The van der Waals surface area contributed by atoms with Crippen molar-refractivity contribution >= 4 is 5.69 Å². The number of rotatable bonds is 5. The molecule has 2 saturated carbocycles. The summed E-state index contributed by atoms with van der Waals surface area (Å²) in [5.74, 6) is 2.14. The van der Waals surface area contributed by atoms with E-state index in [9.17, 15) is 4.39 Å². The minimum atomic E-state index is -0.320. The third-order valence-corrected chi connectivity index (χ3v) is 4.08. The van der Waals surface area contributed by atoms with Crippen LogP contribution >= 0.6 is 0 Å². The third-order valence-electron chi connectivity index (χ3n) is 4.08. The van der Waals surface area contributed by atoms with Crippen LogP contribution in [-0.4, -0.2) is 6.54 Å². The molecule has 0 aliphatic heterocycles. The highest BCUT2D eigenvalue weighted by Gasteiger charge is 2.41. The van der Waals surface area contributed by atoms with Crippen LogP contribution in [0.4, 0.5) is 10.1 Å². The first-order valence-electron chi connectivity index (χ1n) is 6.71.